The number of amides is 1. The van der Waals surface area contributed by atoms with Crippen molar-refractivity contribution in [3.8, 4) is 11.5 Å². The van der Waals surface area contributed by atoms with Gasteiger partial charge in [-0.05, 0) is 42.3 Å². The molecule has 4 rings (SSSR count). The number of halogens is 2. The molecule has 1 fully saturated rings. The van der Waals surface area contributed by atoms with E-state index in [1.165, 1.54) is 6.07 Å². The average Bonchev–Trinajstić information content (AvgIpc) is 3.02. The predicted octanol–water partition coefficient (Wildman–Crippen LogP) is 3.04. The van der Waals surface area contributed by atoms with E-state index in [1.54, 1.807) is 24.3 Å². The lowest BCUT2D eigenvalue weighted by atomic mass is 10.1. The zero-order chi connectivity index (χ0) is 18.8. The molecule has 27 heavy (non-hydrogen) atoms. The van der Waals surface area contributed by atoms with Crippen molar-refractivity contribution in [1.82, 2.24) is 9.80 Å². The van der Waals surface area contributed by atoms with Crippen molar-refractivity contribution in [3.05, 3.63) is 59.2 Å². The number of hydrogen-bond donors (Lipinski definition) is 0. The van der Waals surface area contributed by atoms with E-state index in [4.69, 9.17) is 9.47 Å². The Hall–Kier alpha value is -2.67. The molecule has 142 valence electrons. The molecule has 2 aromatic carbocycles. The van der Waals surface area contributed by atoms with E-state index in [0.29, 0.717) is 43.2 Å². The quantitative estimate of drug-likeness (QED) is 0.828. The molecule has 0 N–H and O–H groups in total. The molecule has 2 aliphatic heterocycles. The highest BCUT2D eigenvalue weighted by molar-refractivity contribution is 5.95. The van der Waals surface area contributed by atoms with E-state index in [0.717, 1.165) is 24.6 Å². The minimum absolute atomic E-state index is 0.0389. The summed E-state index contributed by atoms with van der Waals surface area (Å²) in [5.74, 6) is -0.462. The predicted molar refractivity (Wildman–Crippen MR) is 94.7 cm³/mol. The zero-order valence-electron chi connectivity index (χ0n) is 14.8. The molecular formula is C20H20F2N2O3. The van der Waals surface area contributed by atoms with Crippen LogP contribution in [0.25, 0.3) is 0 Å². The maximum Gasteiger partial charge on any atom is 0.254 e. The molecule has 0 spiro atoms. The molecule has 2 heterocycles. The summed E-state index contributed by atoms with van der Waals surface area (Å²) in [5, 5.41) is 0. The van der Waals surface area contributed by atoms with Gasteiger partial charge in [0.05, 0.1) is 0 Å². The second-order valence-corrected chi connectivity index (χ2v) is 6.74. The van der Waals surface area contributed by atoms with E-state index < -0.39 is 11.6 Å². The number of hydrogen-bond acceptors (Lipinski definition) is 4. The van der Waals surface area contributed by atoms with Crippen LogP contribution in [-0.2, 0) is 6.54 Å². The monoisotopic (exact) mass is 374 g/mol. The van der Waals surface area contributed by atoms with Crippen LogP contribution in [0.2, 0.25) is 0 Å². The topological polar surface area (TPSA) is 42.0 Å². The first-order valence-corrected chi connectivity index (χ1v) is 8.95. The molecule has 0 aromatic heterocycles. The van der Waals surface area contributed by atoms with E-state index in [-0.39, 0.29) is 12.7 Å². The number of ether oxygens (including phenoxy) is 2. The molecule has 7 heteroatoms. The minimum atomic E-state index is -0.838. The van der Waals surface area contributed by atoms with Gasteiger partial charge in [-0.3, -0.25) is 9.69 Å². The molecule has 1 saturated heterocycles. The van der Waals surface area contributed by atoms with Gasteiger partial charge < -0.3 is 14.4 Å². The third kappa shape index (κ3) is 3.88. The van der Waals surface area contributed by atoms with Gasteiger partial charge in [-0.25, -0.2) is 8.78 Å². The number of rotatable bonds is 3. The number of benzene rings is 2. The molecule has 2 aromatic rings. The summed E-state index contributed by atoms with van der Waals surface area (Å²) in [6.07, 6.45) is 0.819. The summed E-state index contributed by atoms with van der Waals surface area (Å²) < 4.78 is 37.1. The van der Waals surface area contributed by atoms with Gasteiger partial charge in [0.1, 0.15) is 0 Å². The molecule has 0 unspecified atom stereocenters. The number of fused-ring (bicyclic) bond motifs is 1. The third-order valence-corrected chi connectivity index (χ3v) is 4.89. The van der Waals surface area contributed by atoms with Gasteiger partial charge in [0.2, 0.25) is 6.79 Å². The van der Waals surface area contributed by atoms with Gasteiger partial charge in [-0.1, -0.05) is 6.07 Å². The first-order valence-electron chi connectivity index (χ1n) is 8.95. The van der Waals surface area contributed by atoms with Gasteiger partial charge in [-0.15, -0.1) is 0 Å². The molecule has 0 aliphatic carbocycles. The Morgan fingerprint density at radius 3 is 2.63 bits per heavy atom. The molecule has 0 atom stereocenters. The maximum absolute atomic E-state index is 13.4. The Labute approximate surface area is 156 Å². The van der Waals surface area contributed by atoms with Crippen molar-refractivity contribution in [1.29, 1.82) is 0 Å². The van der Waals surface area contributed by atoms with E-state index in [1.807, 2.05) is 4.90 Å². The fraction of sp³-hybridized carbons (Fsp3) is 0.350. The lowest BCUT2D eigenvalue weighted by molar-refractivity contribution is 0.0760. The van der Waals surface area contributed by atoms with Crippen LogP contribution in [0.3, 0.4) is 0 Å². The normalized spacial score (nSPS) is 17.0. The highest BCUT2D eigenvalue weighted by atomic mass is 19.2. The van der Waals surface area contributed by atoms with E-state index in [9.17, 15) is 13.6 Å². The summed E-state index contributed by atoms with van der Waals surface area (Å²) in [6, 6.07) is 9.20. The molecule has 5 nitrogen and oxygen atoms in total. The minimum Gasteiger partial charge on any atom is -0.454 e. The standard InChI is InChI=1S/C20H20F2N2O3/c21-16-4-2-14(10-17(16)22)12-23-6-1-7-24(9-8-23)20(25)15-3-5-18-19(11-15)27-13-26-18/h2-5,10-11H,1,6-9,12-13H2. The van der Waals surface area contributed by atoms with Crippen LogP contribution in [0.1, 0.15) is 22.3 Å². The van der Waals surface area contributed by atoms with E-state index >= 15 is 0 Å². The van der Waals surface area contributed by atoms with Gasteiger partial charge >= 0.3 is 0 Å². The first kappa shape index (κ1) is 17.7. The lowest BCUT2D eigenvalue weighted by Crippen LogP contribution is -2.35. The molecule has 2 aliphatic rings. The highest BCUT2D eigenvalue weighted by Crippen LogP contribution is 2.32. The second-order valence-electron chi connectivity index (χ2n) is 6.74. The Bertz CT molecular complexity index is 859. The van der Waals surface area contributed by atoms with Crippen molar-refractivity contribution in [2.75, 3.05) is 33.0 Å². The van der Waals surface area contributed by atoms with Crippen LogP contribution in [0.5, 0.6) is 11.5 Å². The van der Waals surface area contributed by atoms with Crippen LogP contribution >= 0.6 is 0 Å². The van der Waals surface area contributed by atoms with Crippen LogP contribution < -0.4 is 9.47 Å². The van der Waals surface area contributed by atoms with Gasteiger partial charge in [0.25, 0.3) is 5.91 Å². The lowest BCUT2D eigenvalue weighted by Gasteiger charge is -2.22. The summed E-state index contributed by atoms with van der Waals surface area (Å²) >= 11 is 0. The Kier molecular flexibility index (Phi) is 4.94. The van der Waals surface area contributed by atoms with Gasteiger partial charge in [-0.2, -0.15) is 0 Å². The second kappa shape index (κ2) is 7.52. The van der Waals surface area contributed by atoms with Crippen LogP contribution in [-0.4, -0.2) is 48.7 Å². The maximum atomic E-state index is 13.4. The number of carbonyl (C=O) groups excluding carboxylic acids is 1. The van der Waals surface area contributed by atoms with Crippen LogP contribution in [0, 0.1) is 11.6 Å². The van der Waals surface area contributed by atoms with Crippen molar-refractivity contribution in [2.24, 2.45) is 0 Å². The number of carbonyl (C=O) groups is 1. The van der Waals surface area contributed by atoms with Crippen molar-refractivity contribution >= 4 is 5.91 Å². The average molecular weight is 374 g/mol. The van der Waals surface area contributed by atoms with Crippen molar-refractivity contribution in [2.45, 2.75) is 13.0 Å². The smallest absolute Gasteiger partial charge is 0.254 e. The summed E-state index contributed by atoms with van der Waals surface area (Å²) in [6.45, 7) is 3.41. The summed E-state index contributed by atoms with van der Waals surface area (Å²) in [5.41, 5.74) is 1.30. The summed E-state index contributed by atoms with van der Waals surface area (Å²) in [7, 11) is 0. The van der Waals surface area contributed by atoms with Gasteiger partial charge in [0, 0.05) is 38.3 Å². The Morgan fingerprint density at radius 2 is 1.78 bits per heavy atom. The third-order valence-electron chi connectivity index (χ3n) is 4.89. The molecular weight excluding hydrogens is 354 g/mol. The SMILES string of the molecule is O=C(c1ccc2c(c1)OCO2)N1CCCN(Cc2ccc(F)c(F)c2)CC1. The molecule has 1 amide bonds. The van der Waals surface area contributed by atoms with Crippen LogP contribution in [0.15, 0.2) is 36.4 Å². The van der Waals surface area contributed by atoms with Gasteiger partial charge in [0.15, 0.2) is 23.1 Å². The molecule has 0 saturated carbocycles. The van der Waals surface area contributed by atoms with Crippen molar-refractivity contribution in [3.63, 3.8) is 0 Å². The Balaban J connectivity index is 1.39. The van der Waals surface area contributed by atoms with Crippen LogP contribution in [0.4, 0.5) is 8.78 Å². The van der Waals surface area contributed by atoms with E-state index in [2.05, 4.69) is 4.90 Å². The zero-order valence-corrected chi connectivity index (χ0v) is 14.8. The Morgan fingerprint density at radius 1 is 0.926 bits per heavy atom. The molecule has 0 radical (unpaired) electrons. The fourth-order valence-corrected chi connectivity index (χ4v) is 3.44. The van der Waals surface area contributed by atoms with Crippen molar-refractivity contribution < 1.29 is 23.0 Å². The number of nitrogens with zero attached hydrogens (tertiary/aromatic N) is 2. The molecule has 0 bridgehead atoms. The first-order chi connectivity index (χ1) is 13.1. The fourth-order valence-electron chi connectivity index (χ4n) is 3.44. The summed E-state index contributed by atoms with van der Waals surface area (Å²) in [4.78, 5) is 16.8. The largest absolute Gasteiger partial charge is 0.454 e. The highest BCUT2D eigenvalue weighted by Gasteiger charge is 2.23.